The normalized spacial score (nSPS) is 14.2. The van der Waals surface area contributed by atoms with Gasteiger partial charge >= 0.3 is 8.60 Å². The van der Waals surface area contributed by atoms with Crippen molar-refractivity contribution in [3.63, 3.8) is 0 Å². The van der Waals surface area contributed by atoms with Crippen LogP contribution in [0.25, 0.3) is 6.08 Å². The molecule has 1 aliphatic carbocycles. The third-order valence-electron chi connectivity index (χ3n) is 5.30. The number of ketones is 1. The van der Waals surface area contributed by atoms with E-state index in [0.29, 0.717) is 34.7 Å². The number of benzene rings is 2. The van der Waals surface area contributed by atoms with Crippen molar-refractivity contribution in [2.75, 3.05) is 46.2 Å². The highest BCUT2D eigenvalue weighted by molar-refractivity contribution is 7.41. The Morgan fingerprint density at radius 3 is 2.28 bits per heavy atom. The Balaban J connectivity index is 1.84. The molecule has 0 amide bonds. The average molecular weight is 460 g/mol. The molecule has 0 fully saturated rings. The topological polar surface area (TPSA) is 101 Å². The lowest BCUT2D eigenvalue weighted by Gasteiger charge is -2.16. The van der Waals surface area contributed by atoms with Gasteiger partial charge < -0.3 is 29.6 Å². The first-order chi connectivity index (χ1) is 15.3. The summed E-state index contributed by atoms with van der Waals surface area (Å²) < 4.78 is 26.4. The number of methoxy groups -OCH3 is 2. The second-order valence-electron chi connectivity index (χ2n) is 7.30. The molecule has 0 saturated heterocycles. The summed E-state index contributed by atoms with van der Waals surface area (Å²) in [6.45, 7) is 4.27. The zero-order valence-electron chi connectivity index (χ0n) is 19.2. The van der Waals surface area contributed by atoms with Gasteiger partial charge in [0.2, 0.25) is 0 Å². The number of carbonyl (C=O) groups is 1. The van der Waals surface area contributed by atoms with Crippen molar-refractivity contribution in [3.8, 4) is 11.5 Å². The van der Waals surface area contributed by atoms with Gasteiger partial charge in [0.15, 0.2) is 17.3 Å². The average Bonchev–Trinajstić information content (AvgIpc) is 3.07. The van der Waals surface area contributed by atoms with Gasteiger partial charge in [-0.2, -0.15) is 0 Å². The van der Waals surface area contributed by atoms with Crippen LogP contribution in [0.4, 0.5) is 11.4 Å². The van der Waals surface area contributed by atoms with E-state index in [9.17, 15) is 4.79 Å². The van der Waals surface area contributed by atoms with E-state index in [1.54, 1.807) is 7.11 Å². The number of hydrogen-bond acceptors (Lipinski definition) is 8. The molecule has 0 aliphatic heterocycles. The Labute approximate surface area is 189 Å². The third kappa shape index (κ3) is 4.74. The van der Waals surface area contributed by atoms with Crippen LogP contribution in [0.2, 0.25) is 0 Å². The highest BCUT2D eigenvalue weighted by Crippen LogP contribution is 2.43. The molecular formula is C23H29N2O6P. The highest BCUT2D eigenvalue weighted by Gasteiger charge is 2.31. The van der Waals surface area contributed by atoms with Gasteiger partial charge in [-0.1, -0.05) is 0 Å². The van der Waals surface area contributed by atoms with Gasteiger partial charge in [0, 0.05) is 31.9 Å². The molecule has 2 aromatic carbocycles. The first-order valence-corrected chi connectivity index (χ1v) is 11.1. The molecule has 9 heteroatoms. The first kappa shape index (κ1) is 24.0. The molecule has 172 valence electrons. The highest BCUT2D eigenvalue weighted by atomic mass is 31.2. The summed E-state index contributed by atoms with van der Waals surface area (Å²) in [5, 5.41) is 3.26. The Bertz CT molecular complexity index is 1030. The number of Topliss-reactive ketones (excluding diaryl/α,β-unsaturated/α-hetero) is 1. The fourth-order valence-corrected chi connectivity index (χ4v) is 4.47. The van der Waals surface area contributed by atoms with Crippen molar-refractivity contribution in [1.29, 1.82) is 0 Å². The number of aryl methyl sites for hydroxylation is 2. The number of rotatable bonds is 9. The molecule has 3 rings (SSSR count). The summed E-state index contributed by atoms with van der Waals surface area (Å²) in [6, 6.07) is 5.87. The number of nitrogen functional groups attached to an aromatic ring is 1. The molecule has 1 aliphatic rings. The van der Waals surface area contributed by atoms with Crippen LogP contribution in [-0.2, 0) is 20.0 Å². The Kier molecular flexibility index (Phi) is 7.74. The second kappa shape index (κ2) is 10.3. The SMILES string of the molecule is COc1cc2c(c(N)c1OC)C(=O)/C(=C/c1cc(C)c(NCOP(OC)OC)c(C)c1)C2. The Hall–Kier alpha value is -2.64. The predicted molar refractivity (Wildman–Crippen MR) is 126 cm³/mol. The maximum atomic E-state index is 13.1. The molecule has 0 atom stereocenters. The summed E-state index contributed by atoms with van der Waals surface area (Å²) in [6.07, 6.45) is 2.40. The number of fused-ring (bicyclic) bond motifs is 1. The van der Waals surface area contributed by atoms with Gasteiger partial charge in [-0.05, 0) is 60.4 Å². The van der Waals surface area contributed by atoms with Gasteiger partial charge in [0.1, 0.15) is 6.73 Å². The van der Waals surface area contributed by atoms with E-state index in [1.165, 1.54) is 21.3 Å². The van der Waals surface area contributed by atoms with Gasteiger partial charge in [0.05, 0.1) is 25.5 Å². The summed E-state index contributed by atoms with van der Waals surface area (Å²) in [7, 11) is 4.77. The molecule has 8 nitrogen and oxygen atoms in total. The summed E-state index contributed by atoms with van der Waals surface area (Å²) >= 11 is 0. The second-order valence-corrected chi connectivity index (χ2v) is 8.74. The number of nitrogens with one attached hydrogen (secondary N) is 1. The first-order valence-electron chi connectivity index (χ1n) is 9.99. The van der Waals surface area contributed by atoms with Crippen LogP contribution in [0.3, 0.4) is 0 Å². The molecule has 0 bridgehead atoms. The fourth-order valence-electron chi connectivity index (χ4n) is 3.94. The summed E-state index contributed by atoms with van der Waals surface area (Å²) in [5.41, 5.74) is 12.5. The van der Waals surface area contributed by atoms with Crippen molar-refractivity contribution < 1.29 is 27.8 Å². The third-order valence-corrected chi connectivity index (χ3v) is 6.24. The Morgan fingerprint density at radius 2 is 1.72 bits per heavy atom. The number of ether oxygens (including phenoxy) is 2. The Morgan fingerprint density at radius 1 is 1.06 bits per heavy atom. The molecule has 2 aromatic rings. The van der Waals surface area contributed by atoms with Crippen molar-refractivity contribution in [2.45, 2.75) is 20.3 Å². The van der Waals surface area contributed by atoms with Gasteiger partial charge in [0.25, 0.3) is 0 Å². The molecule has 0 aromatic heterocycles. The molecule has 0 saturated carbocycles. The number of allylic oxidation sites excluding steroid dienone is 1. The summed E-state index contributed by atoms with van der Waals surface area (Å²) in [4.78, 5) is 13.1. The van der Waals surface area contributed by atoms with E-state index in [4.69, 9.17) is 28.8 Å². The minimum Gasteiger partial charge on any atom is -0.493 e. The lowest BCUT2D eigenvalue weighted by atomic mass is 10.0. The zero-order chi connectivity index (χ0) is 23.4. The van der Waals surface area contributed by atoms with Crippen LogP contribution < -0.4 is 20.5 Å². The molecule has 0 spiro atoms. The van der Waals surface area contributed by atoms with Gasteiger partial charge in [-0.25, -0.2) is 0 Å². The fraction of sp³-hybridized carbons (Fsp3) is 0.348. The van der Waals surface area contributed by atoms with Crippen molar-refractivity contribution >= 4 is 31.8 Å². The maximum absolute atomic E-state index is 13.1. The zero-order valence-corrected chi connectivity index (χ0v) is 20.1. The van der Waals surface area contributed by atoms with E-state index >= 15 is 0 Å². The predicted octanol–water partition coefficient (Wildman–Crippen LogP) is 4.63. The van der Waals surface area contributed by atoms with Crippen LogP contribution >= 0.6 is 8.60 Å². The largest absolute Gasteiger partial charge is 0.493 e. The van der Waals surface area contributed by atoms with Gasteiger partial charge in [-0.15, -0.1) is 0 Å². The van der Waals surface area contributed by atoms with Crippen LogP contribution in [-0.4, -0.2) is 41.0 Å². The number of hydrogen-bond donors (Lipinski definition) is 2. The van der Waals surface area contributed by atoms with E-state index in [0.717, 1.165) is 27.9 Å². The van der Waals surface area contributed by atoms with Crippen LogP contribution in [0.15, 0.2) is 23.8 Å². The maximum Gasteiger partial charge on any atom is 0.333 e. The minimum absolute atomic E-state index is 0.0863. The molecule has 0 radical (unpaired) electrons. The lowest BCUT2D eigenvalue weighted by molar-refractivity contribution is 0.104. The summed E-state index contributed by atoms with van der Waals surface area (Å²) in [5.74, 6) is 0.820. The van der Waals surface area contributed by atoms with E-state index in [1.807, 2.05) is 38.1 Å². The molecular weight excluding hydrogens is 431 g/mol. The molecule has 3 N–H and O–H groups in total. The van der Waals surface area contributed by atoms with Crippen molar-refractivity contribution in [3.05, 3.63) is 51.6 Å². The van der Waals surface area contributed by atoms with Crippen molar-refractivity contribution in [1.82, 2.24) is 0 Å². The lowest BCUT2D eigenvalue weighted by Crippen LogP contribution is -2.07. The van der Waals surface area contributed by atoms with Crippen molar-refractivity contribution in [2.24, 2.45) is 0 Å². The van der Waals surface area contributed by atoms with Crippen LogP contribution in [0, 0.1) is 13.8 Å². The molecule has 32 heavy (non-hydrogen) atoms. The van der Waals surface area contributed by atoms with E-state index in [2.05, 4.69) is 5.32 Å². The molecule has 0 heterocycles. The minimum atomic E-state index is -1.36. The van der Waals surface area contributed by atoms with Crippen LogP contribution in [0.5, 0.6) is 11.5 Å². The number of carbonyl (C=O) groups excluding carboxylic acids is 1. The van der Waals surface area contributed by atoms with E-state index < -0.39 is 8.60 Å². The molecule has 0 unspecified atom stereocenters. The number of anilines is 2. The van der Waals surface area contributed by atoms with Gasteiger partial charge in [-0.3, -0.25) is 9.32 Å². The monoisotopic (exact) mass is 460 g/mol. The van der Waals surface area contributed by atoms with Crippen LogP contribution in [0.1, 0.15) is 32.6 Å². The standard InChI is InChI=1S/C23H29N2O6P/c1-13-7-15(8-14(2)21(13)25-12-31-32(29-5)30-6)9-17-10-16-11-18(27-3)23(28-4)20(24)19(16)22(17)26/h7-9,11,25H,10,12,24H2,1-6H3/b17-9+. The smallest absolute Gasteiger partial charge is 0.333 e. The quantitative estimate of drug-likeness (QED) is 0.242. The number of nitrogens with two attached hydrogens (primary N) is 1. The van der Waals surface area contributed by atoms with E-state index in [-0.39, 0.29) is 12.5 Å².